The summed E-state index contributed by atoms with van der Waals surface area (Å²) in [6, 6.07) is 7.94. The van der Waals surface area contributed by atoms with Crippen molar-refractivity contribution in [3.63, 3.8) is 0 Å². The summed E-state index contributed by atoms with van der Waals surface area (Å²) in [5, 5.41) is 8.76. The Balaban J connectivity index is 2.11. The number of rotatable bonds is 4. The van der Waals surface area contributed by atoms with Gasteiger partial charge in [0, 0.05) is 5.56 Å². The molecule has 2 rings (SSSR count). The first-order chi connectivity index (χ1) is 7.40. The van der Waals surface area contributed by atoms with Crippen LogP contribution in [0.2, 0.25) is 0 Å². The maximum Gasteiger partial charge on any atom is 0.147 e. The molecule has 1 aromatic heterocycles. The molecule has 0 radical (unpaired) electrons. The molecule has 0 unspecified atom stereocenters. The minimum Gasteiger partial charge on any atom is -0.494 e. The van der Waals surface area contributed by atoms with Gasteiger partial charge in [-0.1, -0.05) is 18.3 Å². The first kappa shape index (κ1) is 10.1. The summed E-state index contributed by atoms with van der Waals surface area (Å²) in [6.07, 6.45) is 1.03. The highest BCUT2D eigenvalue weighted by molar-refractivity contribution is 7.12. The fourth-order valence-electron chi connectivity index (χ4n) is 1.21. The van der Waals surface area contributed by atoms with E-state index in [0.29, 0.717) is 0 Å². The molecule has 0 fully saturated rings. The molecule has 1 aromatic carbocycles. The minimum atomic E-state index is 0.762. The second-order valence-corrected chi connectivity index (χ2v) is 3.95. The van der Waals surface area contributed by atoms with Gasteiger partial charge in [0.25, 0.3) is 0 Å². The van der Waals surface area contributed by atoms with Crippen molar-refractivity contribution in [3.05, 3.63) is 29.8 Å². The zero-order chi connectivity index (χ0) is 10.5. The Labute approximate surface area is 92.7 Å². The number of hydrogen-bond acceptors (Lipinski definition) is 4. The molecular formula is C11H12N2OS. The normalized spacial score (nSPS) is 10.2. The van der Waals surface area contributed by atoms with Crippen molar-refractivity contribution in [2.45, 2.75) is 13.3 Å². The standard InChI is InChI=1S/C11H12N2OS/c1-2-7-14-10-5-3-9(4-6-10)11-13-12-8-15-11/h3-6,8H,2,7H2,1H3. The zero-order valence-corrected chi connectivity index (χ0v) is 9.33. The van der Waals surface area contributed by atoms with Crippen LogP contribution in [-0.4, -0.2) is 16.8 Å². The molecule has 0 amide bonds. The van der Waals surface area contributed by atoms with E-state index in [1.165, 1.54) is 11.3 Å². The first-order valence-corrected chi connectivity index (χ1v) is 5.77. The van der Waals surface area contributed by atoms with Gasteiger partial charge in [0.2, 0.25) is 0 Å². The van der Waals surface area contributed by atoms with Gasteiger partial charge < -0.3 is 4.74 Å². The second-order valence-electron chi connectivity index (χ2n) is 3.12. The van der Waals surface area contributed by atoms with Gasteiger partial charge in [0.1, 0.15) is 16.3 Å². The van der Waals surface area contributed by atoms with E-state index in [4.69, 9.17) is 4.74 Å². The predicted molar refractivity (Wildman–Crippen MR) is 61.1 cm³/mol. The third-order valence-corrected chi connectivity index (χ3v) is 2.67. The van der Waals surface area contributed by atoms with Crippen molar-refractivity contribution in [3.8, 4) is 16.3 Å². The molecule has 1 heterocycles. The van der Waals surface area contributed by atoms with Gasteiger partial charge in [-0.25, -0.2) is 0 Å². The Morgan fingerprint density at radius 2 is 2.07 bits per heavy atom. The fourth-order valence-corrected chi connectivity index (χ4v) is 1.77. The van der Waals surface area contributed by atoms with Gasteiger partial charge in [-0.15, -0.1) is 10.2 Å². The molecule has 0 N–H and O–H groups in total. The number of ether oxygens (including phenoxy) is 1. The monoisotopic (exact) mass is 220 g/mol. The van der Waals surface area contributed by atoms with Gasteiger partial charge in [-0.2, -0.15) is 0 Å². The quantitative estimate of drug-likeness (QED) is 0.794. The van der Waals surface area contributed by atoms with Crippen molar-refractivity contribution in [1.29, 1.82) is 0 Å². The van der Waals surface area contributed by atoms with E-state index in [1.54, 1.807) is 5.51 Å². The summed E-state index contributed by atoms with van der Waals surface area (Å²) >= 11 is 1.54. The Bertz CT molecular complexity index is 397. The molecule has 0 spiro atoms. The van der Waals surface area contributed by atoms with Gasteiger partial charge in [-0.05, 0) is 30.7 Å². The maximum atomic E-state index is 5.49. The number of benzene rings is 1. The average Bonchev–Trinajstić information content (AvgIpc) is 2.80. The number of hydrogen-bond donors (Lipinski definition) is 0. The average molecular weight is 220 g/mol. The van der Waals surface area contributed by atoms with E-state index < -0.39 is 0 Å². The van der Waals surface area contributed by atoms with Crippen LogP contribution < -0.4 is 4.74 Å². The molecule has 0 saturated carbocycles. The lowest BCUT2D eigenvalue weighted by molar-refractivity contribution is 0.317. The summed E-state index contributed by atoms with van der Waals surface area (Å²) in [4.78, 5) is 0. The number of nitrogens with zero attached hydrogens (tertiary/aromatic N) is 2. The Morgan fingerprint density at radius 3 is 2.67 bits per heavy atom. The summed E-state index contributed by atoms with van der Waals surface area (Å²) in [5.74, 6) is 0.908. The molecule has 0 bridgehead atoms. The van der Waals surface area contributed by atoms with E-state index in [-0.39, 0.29) is 0 Å². The molecule has 0 saturated heterocycles. The minimum absolute atomic E-state index is 0.762. The lowest BCUT2D eigenvalue weighted by Crippen LogP contribution is -1.94. The highest BCUT2D eigenvalue weighted by atomic mass is 32.1. The smallest absolute Gasteiger partial charge is 0.147 e. The summed E-state index contributed by atoms with van der Waals surface area (Å²) in [7, 11) is 0. The van der Waals surface area contributed by atoms with E-state index in [0.717, 1.165) is 29.3 Å². The Morgan fingerprint density at radius 1 is 1.27 bits per heavy atom. The van der Waals surface area contributed by atoms with Crippen LogP contribution in [0.3, 0.4) is 0 Å². The first-order valence-electron chi connectivity index (χ1n) is 4.89. The topological polar surface area (TPSA) is 35.0 Å². The van der Waals surface area contributed by atoms with E-state index in [2.05, 4.69) is 17.1 Å². The van der Waals surface area contributed by atoms with Gasteiger partial charge in [-0.3, -0.25) is 0 Å². The molecular weight excluding hydrogens is 208 g/mol. The number of aromatic nitrogens is 2. The van der Waals surface area contributed by atoms with Gasteiger partial charge in [0.15, 0.2) is 0 Å². The van der Waals surface area contributed by atoms with Crippen molar-refractivity contribution in [2.24, 2.45) is 0 Å². The molecule has 0 aliphatic rings. The van der Waals surface area contributed by atoms with E-state index >= 15 is 0 Å². The van der Waals surface area contributed by atoms with Crippen molar-refractivity contribution >= 4 is 11.3 Å². The van der Waals surface area contributed by atoms with Crippen LogP contribution in [-0.2, 0) is 0 Å². The van der Waals surface area contributed by atoms with Gasteiger partial charge in [0.05, 0.1) is 6.61 Å². The molecule has 15 heavy (non-hydrogen) atoms. The molecule has 3 nitrogen and oxygen atoms in total. The van der Waals surface area contributed by atoms with Crippen molar-refractivity contribution < 1.29 is 4.74 Å². The van der Waals surface area contributed by atoms with Crippen LogP contribution in [0.4, 0.5) is 0 Å². The Kier molecular flexibility index (Phi) is 3.29. The maximum absolute atomic E-state index is 5.49. The molecule has 78 valence electrons. The fraction of sp³-hybridized carbons (Fsp3) is 0.273. The van der Waals surface area contributed by atoms with Crippen LogP contribution in [0.15, 0.2) is 29.8 Å². The zero-order valence-electron chi connectivity index (χ0n) is 8.51. The molecule has 0 atom stereocenters. The molecule has 0 aliphatic heterocycles. The second kappa shape index (κ2) is 4.89. The lowest BCUT2D eigenvalue weighted by atomic mass is 10.2. The van der Waals surface area contributed by atoms with Gasteiger partial charge >= 0.3 is 0 Å². The highest BCUT2D eigenvalue weighted by Gasteiger charge is 2.01. The third kappa shape index (κ3) is 2.53. The summed E-state index contributed by atoms with van der Waals surface area (Å²) < 4.78 is 5.49. The third-order valence-electron chi connectivity index (χ3n) is 1.93. The van der Waals surface area contributed by atoms with Crippen LogP contribution in [0.1, 0.15) is 13.3 Å². The Hall–Kier alpha value is -1.42. The van der Waals surface area contributed by atoms with Crippen LogP contribution in [0.5, 0.6) is 5.75 Å². The molecule has 2 aromatic rings. The summed E-state index contributed by atoms with van der Waals surface area (Å²) in [5.41, 5.74) is 2.82. The highest BCUT2D eigenvalue weighted by Crippen LogP contribution is 2.23. The van der Waals surface area contributed by atoms with E-state index in [9.17, 15) is 0 Å². The van der Waals surface area contributed by atoms with Crippen molar-refractivity contribution in [2.75, 3.05) is 6.61 Å². The lowest BCUT2D eigenvalue weighted by Gasteiger charge is -2.04. The van der Waals surface area contributed by atoms with Crippen LogP contribution in [0, 0.1) is 0 Å². The molecule has 4 heteroatoms. The van der Waals surface area contributed by atoms with E-state index in [1.807, 2.05) is 24.3 Å². The van der Waals surface area contributed by atoms with Crippen LogP contribution >= 0.6 is 11.3 Å². The SMILES string of the molecule is CCCOc1ccc(-c2nncs2)cc1. The largest absolute Gasteiger partial charge is 0.494 e. The summed E-state index contributed by atoms with van der Waals surface area (Å²) in [6.45, 7) is 2.85. The predicted octanol–water partition coefficient (Wildman–Crippen LogP) is 2.99. The van der Waals surface area contributed by atoms with Crippen LogP contribution in [0.25, 0.3) is 10.6 Å². The molecule has 0 aliphatic carbocycles. The van der Waals surface area contributed by atoms with Crippen molar-refractivity contribution in [1.82, 2.24) is 10.2 Å².